The highest BCUT2D eigenvalue weighted by molar-refractivity contribution is 6.31. The number of methoxy groups -OCH3 is 1. The summed E-state index contributed by atoms with van der Waals surface area (Å²) >= 11 is 6.35. The van der Waals surface area contributed by atoms with Gasteiger partial charge < -0.3 is 20.5 Å². The van der Waals surface area contributed by atoms with Crippen LogP contribution in [-0.4, -0.2) is 61.3 Å². The number of ether oxygens (including phenoxy) is 1. The van der Waals surface area contributed by atoms with Gasteiger partial charge in [-0.25, -0.2) is 0 Å². The van der Waals surface area contributed by atoms with Gasteiger partial charge in [0.25, 0.3) is 11.8 Å². The lowest BCUT2D eigenvalue weighted by atomic mass is 9.79. The maximum Gasteiger partial charge on any atom is 0.295 e. The van der Waals surface area contributed by atoms with E-state index >= 15 is 0 Å². The van der Waals surface area contributed by atoms with Crippen LogP contribution in [0.5, 0.6) is 5.75 Å². The predicted molar refractivity (Wildman–Crippen MR) is 113 cm³/mol. The third kappa shape index (κ3) is 2.73. The highest BCUT2D eigenvalue weighted by Crippen LogP contribution is 2.53. The van der Waals surface area contributed by atoms with Crippen molar-refractivity contribution in [2.24, 2.45) is 0 Å². The minimum Gasteiger partial charge on any atom is -0.497 e. The number of carbonyl (C=O) groups excluding carboxylic acids is 2. The number of likely N-dealkylation sites (tertiary alicyclic amines) is 1. The Morgan fingerprint density at radius 2 is 2.00 bits per heavy atom. The molecule has 1 fully saturated rings. The molecule has 0 saturated carbocycles. The number of hydrogen-bond acceptors (Lipinski definition) is 4. The van der Waals surface area contributed by atoms with Gasteiger partial charge in [-0.3, -0.25) is 14.1 Å². The monoisotopic (exact) mass is 430 g/mol. The van der Waals surface area contributed by atoms with E-state index in [-0.39, 0.29) is 29.3 Å². The zero-order chi connectivity index (χ0) is 21.7. The molecule has 2 amide bonds. The number of nitrogens with zero attached hydrogens (tertiary/aromatic N) is 1. The molecule has 3 N–H and O–H groups in total. The minimum atomic E-state index is -1.26. The van der Waals surface area contributed by atoms with E-state index in [0.29, 0.717) is 27.6 Å². The Labute approximate surface area is 180 Å². The van der Waals surface area contributed by atoms with E-state index in [0.717, 1.165) is 0 Å². The molecule has 7 nitrogen and oxygen atoms in total. The van der Waals surface area contributed by atoms with Crippen molar-refractivity contribution in [3.63, 3.8) is 0 Å². The van der Waals surface area contributed by atoms with Gasteiger partial charge >= 0.3 is 0 Å². The lowest BCUT2D eigenvalue weighted by Crippen LogP contribution is -2.68. The number of aliphatic hydroxyl groups excluding tert-OH is 1. The quantitative estimate of drug-likeness (QED) is 0.646. The number of hydrogen-bond donors (Lipinski definition) is 3. The molecule has 4 atom stereocenters. The lowest BCUT2D eigenvalue weighted by molar-refractivity contribution is -0.953. The van der Waals surface area contributed by atoms with Gasteiger partial charge in [-0.05, 0) is 42.5 Å². The molecule has 0 spiro atoms. The van der Waals surface area contributed by atoms with Crippen molar-refractivity contribution in [2.45, 2.75) is 24.1 Å². The van der Waals surface area contributed by atoms with Crippen LogP contribution in [0.2, 0.25) is 5.02 Å². The number of quaternary nitrogens is 1. The van der Waals surface area contributed by atoms with Crippen LogP contribution in [0.1, 0.15) is 17.5 Å². The first-order valence-electron chi connectivity index (χ1n) is 9.79. The average Bonchev–Trinajstić information content (AvgIpc) is 3.21. The normalized spacial score (nSPS) is 30.0. The van der Waals surface area contributed by atoms with Gasteiger partial charge in [0.1, 0.15) is 18.4 Å². The number of likely N-dealkylation sites (N-methyl/N-ethyl adjacent to an activating group) is 2. The van der Waals surface area contributed by atoms with Crippen LogP contribution in [0.4, 0.5) is 5.69 Å². The molecule has 2 aromatic rings. The van der Waals surface area contributed by atoms with E-state index in [4.69, 9.17) is 16.3 Å². The lowest BCUT2D eigenvalue weighted by Gasteiger charge is -2.48. The smallest absolute Gasteiger partial charge is 0.295 e. The molecule has 4 rings (SSSR count). The van der Waals surface area contributed by atoms with Crippen LogP contribution in [0.15, 0.2) is 42.5 Å². The number of anilines is 1. The molecule has 0 aromatic heterocycles. The van der Waals surface area contributed by atoms with Gasteiger partial charge in [-0.1, -0.05) is 11.6 Å². The topological polar surface area (TPSA) is 87.7 Å². The molecule has 30 heavy (non-hydrogen) atoms. The number of halogens is 1. The molecular formula is C22H25ClN3O4+. The molecular weight excluding hydrogens is 406 g/mol. The molecule has 0 aliphatic carbocycles. The van der Waals surface area contributed by atoms with Crippen molar-refractivity contribution >= 4 is 29.1 Å². The highest BCUT2D eigenvalue weighted by atomic mass is 35.5. The van der Waals surface area contributed by atoms with E-state index in [9.17, 15) is 14.7 Å². The maximum absolute atomic E-state index is 13.8. The SMILES string of the molecule is CNC(=O)[C@@H]1C[C@@H](O)C[N+]1(C)C1(c2ccc(OC)cc2)C(=O)Nc2ccc(Cl)cc21. The number of nitrogens with one attached hydrogen (secondary N) is 2. The summed E-state index contributed by atoms with van der Waals surface area (Å²) in [5, 5.41) is 16.8. The van der Waals surface area contributed by atoms with Gasteiger partial charge in [0.2, 0.25) is 5.54 Å². The molecule has 1 saturated heterocycles. The van der Waals surface area contributed by atoms with Crippen LogP contribution >= 0.6 is 11.6 Å². The Morgan fingerprint density at radius 1 is 1.30 bits per heavy atom. The first-order chi connectivity index (χ1) is 14.3. The number of benzene rings is 2. The standard InChI is InChI=1S/C22H24ClN3O4/c1-24-20(28)19-11-15(27)12-26(19,2)22(13-4-7-16(30-3)8-5-13)17-10-14(23)6-9-18(17)25-21(22)29/h4-10,15,19,27H,11-12H2,1-3H3,(H-,24,25,28,29)/p+1/t15-,19+,22?,26?/m1/s1. The second-order valence-corrected chi connectivity index (χ2v) is 8.49. The fraction of sp³-hybridized carbons (Fsp3) is 0.364. The van der Waals surface area contributed by atoms with Crippen molar-refractivity contribution in [2.75, 3.05) is 33.1 Å². The Kier molecular flexibility index (Phi) is 5.00. The number of aliphatic hydroxyl groups is 1. The average molecular weight is 431 g/mol. The van der Waals surface area contributed by atoms with E-state index in [1.54, 1.807) is 44.5 Å². The second kappa shape index (κ2) is 7.27. The third-order valence-electron chi connectivity index (χ3n) is 6.54. The third-order valence-corrected chi connectivity index (χ3v) is 6.78. The number of rotatable bonds is 4. The Bertz CT molecular complexity index is 1010. The summed E-state index contributed by atoms with van der Waals surface area (Å²) in [5.74, 6) is 0.186. The summed E-state index contributed by atoms with van der Waals surface area (Å²) in [6.07, 6.45) is -0.458. The maximum atomic E-state index is 13.8. The first kappa shape index (κ1) is 20.7. The van der Waals surface area contributed by atoms with Crippen LogP contribution in [0.25, 0.3) is 0 Å². The fourth-order valence-electron chi connectivity index (χ4n) is 5.21. The van der Waals surface area contributed by atoms with Gasteiger partial charge in [-0.15, -0.1) is 0 Å². The summed E-state index contributed by atoms with van der Waals surface area (Å²) in [6.45, 7) is 0.240. The van der Waals surface area contributed by atoms with Crippen molar-refractivity contribution in [1.29, 1.82) is 0 Å². The summed E-state index contributed by atoms with van der Waals surface area (Å²) in [7, 11) is 5.00. The Morgan fingerprint density at radius 3 is 2.63 bits per heavy atom. The molecule has 2 aliphatic heterocycles. The summed E-state index contributed by atoms with van der Waals surface area (Å²) in [4.78, 5) is 26.6. The van der Waals surface area contributed by atoms with Crippen molar-refractivity contribution in [1.82, 2.24) is 5.32 Å². The van der Waals surface area contributed by atoms with Gasteiger partial charge in [-0.2, -0.15) is 0 Å². The first-order valence-corrected chi connectivity index (χ1v) is 10.2. The van der Waals surface area contributed by atoms with Crippen molar-refractivity contribution in [3.8, 4) is 5.75 Å². The number of fused-ring (bicyclic) bond motifs is 1. The van der Waals surface area contributed by atoms with Crippen molar-refractivity contribution in [3.05, 3.63) is 58.6 Å². The molecule has 2 aromatic carbocycles. The van der Waals surface area contributed by atoms with Crippen LogP contribution in [-0.2, 0) is 15.1 Å². The summed E-state index contributed by atoms with van der Waals surface area (Å²) in [5.41, 5.74) is 0.779. The van der Waals surface area contributed by atoms with E-state index < -0.39 is 17.7 Å². The van der Waals surface area contributed by atoms with Gasteiger partial charge in [0.05, 0.1) is 25.4 Å². The van der Waals surface area contributed by atoms with E-state index in [1.165, 1.54) is 0 Å². The zero-order valence-electron chi connectivity index (χ0n) is 17.1. The number of carbonyl (C=O) groups is 2. The Hall–Kier alpha value is -2.61. The zero-order valence-corrected chi connectivity index (χ0v) is 17.9. The minimum absolute atomic E-state index is 0.000650. The van der Waals surface area contributed by atoms with Crippen LogP contribution in [0, 0.1) is 0 Å². The molecule has 158 valence electrons. The highest BCUT2D eigenvalue weighted by Gasteiger charge is 2.67. The molecule has 2 aliphatic rings. The van der Waals surface area contributed by atoms with Gasteiger partial charge in [0, 0.05) is 24.1 Å². The molecule has 8 heteroatoms. The fourth-order valence-corrected chi connectivity index (χ4v) is 5.39. The van der Waals surface area contributed by atoms with E-state index in [1.807, 2.05) is 19.2 Å². The predicted octanol–water partition coefficient (Wildman–Crippen LogP) is 1.87. The van der Waals surface area contributed by atoms with E-state index in [2.05, 4.69) is 10.6 Å². The molecule has 0 bridgehead atoms. The molecule has 0 radical (unpaired) electrons. The van der Waals surface area contributed by atoms with Crippen LogP contribution < -0.4 is 15.4 Å². The van der Waals surface area contributed by atoms with Crippen molar-refractivity contribution < 1.29 is 23.9 Å². The van der Waals surface area contributed by atoms with Gasteiger partial charge in [0.15, 0.2) is 6.04 Å². The summed E-state index contributed by atoms with van der Waals surface area (Å²) in [6, 6.07) is 11.9. The molecule has 2 heterocycles. The molecule has 2 unspecified atom stereocenters. The summed E-state index contributed by atoms with van der Waals surface area (Å²) < 4.78 is 5.29. The second-order valence-electron chi connectivity index (χ2n) is 8.05. The number of amides is 2. The Balaban J connectivity index is 2.04. The van der Waals surface area contributed by atoms with Crippen LogP contribution in [0.3, 0.4) is 0 Å². The largest absolute Gasteiger partial charge is 0.497 e.